The summed E-state index contributed by atoms with van der Waals surface area (Å²) in [4.78, 5) is 14.4. The van der Waals surface area contributed by atoms with E-state index in [9.17, 15) is 9.18 Å². The molecule has 2 N–H and O–H groups in total. The lowest BCUT2D eigenvalue weighted by Crippen LogP contribution is -2.12. The zero-order valence-electron chi connectivity index (χ0n) is 7.37. The van der Waals surface area contributed by atoms with Crippen molar-refractivity contribution in [2.75, 3.05) is 12.3 Å². The number of ether oxygens (including phenoxy) is 1. The van der Waals surface area contributed by atoms with Crippen LogP contribution in [0.2, 0.25) is 0 Å². The second-order valence-corrected chi connectivity index (χ2v) is 2.39. The van der Waals surface area contributed by atoms with E-state index in [1.807, 2.05) is 0 Å². The van der Waals surface area contributed by atoms with Gasteiger partial charge in [-0.3, -0.25) is 0 Å². The first-order chi connectivity index (χ1) is 6.07. The molecule has 0 saturated carbocycles. The lowest BCUT2D eigenvalue weighted by molar-refractivity contribution is 0.0507. The predicted molar refractivity (Wildman–Crippen MR) is 43.5 cm³/mol. The lowest BCUT2D eigenvalue weighted by atomic mass is 10.6. The number of aromatic nitrogens is 2. The minimum absolute atomic E-state index is 0.128. The highest BCUT2D eigenvalue weighted by atomic mass is 19.1. The molecular formula is C7H10FN3O2. The van der Waals surface area contributed by atoms with Crippen LogP contribution in [0.5, 0.6) is 0 Å². The van der Waals surface area contributed by atoms with Crippen LogP contribution in [0.4, 0.5) is 10.2 Å². The highest BCUT2D eigenvalue weighted by Crippen LogP contribution is 2.10. The fourth-order valence-electron chi connectivity index (χ4n) is 0.856. The van der Waals surface area contributed by atoms with Crippen molar-refractivity contribution in [1.29, 1.82) is 0 Å². The van der Waals surface area contributed by atoms with Crippen LogP contribution in [0, 0.1) is 5.95 Å². The number of nitrogen functional groups attached to an aromatic ring is 1. The first-order valence-corrected chi connectivity index (χ1v) is 3.72. The van der Waals surface area contributed by atoms with E-state index in [1.54, 1.807) is 6.92 Å². The number of carbonyl (C=O) groups is 1. The second kappa shape index (κ2) is 3.42. The number of anilines is 1. The van der Waals surface area contributed by atoms with Gasteiger partial charge in [0.25, 0.3) is 5.95 Å². The standard InChI is InChI=1S/C7H10FN3O2/c1-3-13-7(12)6-10-4(8)5(9)11(6)2/h3,9H2,1-2H3. The van der Waals surface area contributed by atoms with Gasteiger partial charge in [0.2, 0.25) is 5.82 Å². The molecule has 0 unspecified atom stereocenters. The third-order valence-electron chi connectivity index (χ3n) is 1.55. The van der Waals surface area contributed by atoms with Crippen molar-refractivity contribution < 1.29 is 13.9 Å². The summed E-state index contributed by atoms with van der Waals surface area (Å²) in [5.74, 6) is -1.84. The van der Waals surface area contributed by atoms with Gasteiger partial charge in [0.15, 0.2) is 5.82 Å². The molecule has 0 aliphatic rings. The zero-order valence-corrected chi connectivity index (χ0v) is 7.37. The Morgan fingerprint density at radius 2 is 2.38 bits per heavy atom. The summed E-state index contributed by atoms with van der Waals surface area (Å²) in [7, 11) is 1.44. The molecule has 1 aromatic rings. The van der Waals surface area contributed by atoms with E-state index in [0.717, 1.165) is 4.57 Å². The number of nitrogens with two attached hydrogens (primary N) is 1. The fraction of sp³-hybridized carbons (Fsp3) is 0.429. The highest BCUT2D eigenvalue weighted by Gasteiger charge is 2.18. The largest absolute Gasteiger partial charge is 0.460 e. The Morgan fingerprint density at radius 1 is 1.77 bits per heavy atom. The van der Waals surface area contributed by atoms with E-state index in [0.29, 0.717) is 0 Å². The number of carbonyl (C=O) groups excluding carboxylic acids is 1. The molecule has 0 spiro atoms. The normalized spacial score (nSPS) is 10.1. The Kier molecular flexibility index (Phi) is 2.50. The van der Waals surface area contributed by atoms with Crippen LogP contribution < -0.4 is 5.73 Å². The van der Waals surface area contributed by atoms with E-state index in [-0.39, 0.29) is 18.2 Å². The molecule has 1 rings (SSSR count). The van der Waals surface area contributed by atoms with E-state index in [1.165, 1.54) is 7.05 Å². The Morgan fingerprint density at radius 3 is 2.77 bits per heavy atom. The minimum Gasteiger partial charge on any atom is -0.460 e. The Balaban J connectivity index is 3.01. The van der Waals surface area contributed by atoms with Crippen LogP contribution in [0.1, 0.15) is 17.5 Å². The number of imidazole rings is 1. The van der Waals surface area contributed by atoms with Crippen molar-refractivity contribution in [2.24, 2.45) is 7.05 Å². The lowest BCUT2D eigenvalue weighted by Gasteiger charge is -2.01. The van der Waals surface area contributed by atoms with Crippen LogP contribution >= 0.6 is 0 Å². The third kappa shape index (κ3) is 1.61. The number of hydrogen-bond donors (Lipinski definition) is 1. The zero-order chi connectivity index (χ0) is 10.0. The molecule has 0 bridgehead atoms. The number of hydrogen-bond acceptors (Lipinski definition) is 4. The Bertz CT molecular complexity index is 335. The van der Waals surface area contributed by atoms with Crippen LogP contribution in [-0.2, 0) is 11.8 Å². The molecule has 6 heteroatoms. The van der Waals surface area contributed by atoms with Crippen LogP contribution in [-0.4, -0.2) is 22.1 Å². The maximum absolute atomic E-state index is 12.7. The van der Waals surface area contributed by atoms with E-state index in [2.05, 4.69) is 9.72 Å². The third-order valence-corrected chi connectivity index (χ3v) is 1.55. The maximum atomic E-state index is 12.7. The molecule has 72 valence electrons. The number of nitrogens with zero attached hydrogens (tertiary/aromatic N) is 2. The van der Waals surface area contributed by atoms with Gasteiger partial charge in [0.1, 0.15) is 0 Å². The topological polar surface area (TPSA) is 70.1 Å². The quantitative estimate of drug-likeness (QED) is 0.677. The average molecular weight is 187 g/mol. The summed E-state index contributed by atoms with van der Waals surface area (Å²) in [5, 5.41) is 0. The van der Waals surface area contributed by atoms with Crippen molar-refractivity contribution in [3.8, 4) is 0 Å². The van der Waals surface area contributed by atoms with Gasteiger partial charge in [-0.05, 0) is 6.92 Å². The number of halogens is 1. The van der Waals surface area contributed by atoms with Crippen LogP contribution in [0.25, 0.3) is 0 Å². The van der Waals surface area contributed by atoms with Gasteiger partial charge < -0.3 is 15.0 Å². The van der Waals surface area contributed by atoms with E-state index in [4.69, 9.17) is 5.73 Å². The summed E-state index contributed by atoms with van der Waals surface area (Å²) < 4.78 is 18.5. The first kappa shape index (κ1) is 9.50. The highest BCUT2D eigenvalue weighted by molar-refractivity contribution is 5.86. The first-order valence-electron chi connectivity index (χ1n) is 3.72. The minimum atomic E-state index is -0.856. The summed E-state index contributed by atoms with van der Waals surface area (Å²) in [6, 6.07) is 0. The maximum Gasteiger partial charge on any atom is 0.374 e. The van der Waals surface area contributed by atoms with Gasteiger partial charge in [-0.15, -0.1) is 0 Å². The molecule has 0 aliphatic carbocycles. The molecule has 0 saturated heterocycles. The second-order valence-electron chi connectivity index (χ2n) is 2.39. The Hall–Kier alpha value is -1.59. The SMILES string of the molecule is CCOC(=O)c1nc(F)c(N)n1C. The van der Waals surface area contributed by atoms with Crippen molar-refractivity contribution in [3.63, 3.8) is 0 Å². The van der Waals surface area contributed by atoms with Gasteiger partial charge >= 0.3 is 5.97 Å². The van der Waals surface area contributed by atoms with Crippen molar-refractivity contribution >= 4 is 11.8 Å². The molecule has 1 aromatic heterocycles. The van der Waals surface area contributed by atoms with Gasteiger partial charge in [0, 0.05) is 7.05 Å². The predicted octanol–water partition coefficient (Wildman–Crippen LogP) is 0.318. The molecule has 0 radical (unpaired) electrons. The molecule has 13 heavy (non-hydrogen) atoms. The fourth-order valence-corrected chi connectivity index (χ4v) is 0.856. The summed E-state index contributed by atoms with van der Waals surface area (Å²) in [6.45, 7) is 1.87. The molecule has 1 heterocycles. The van der Waals surface area contributed by atoms with Crippen LogP contribution in [0.3, 0.4) is 0 Å². The van der Waals surface area contributed by atoms with E-state index >= 15 is 0 Å². The van der Waals surface area contributed by atoms with Gasteiger partial charge in [-0.25, -0.2) is 4.79 Å². The summed E-state index contributed by atoms with van der Waals surface area (Å²) in [5.41, 5.74) is 5.25. The molecule has 0 aromatic carbocycles. The smallest absolute Gasteiger partial charge is 0.374 e. The average Bonchev–Trinajstić information content (AvgIpc) is 2.33. The molecular weight excluding hydrogens is 177 g/mol. The van der Waals surface area contributed by atoms with E-state index < -0.39 is 11.9 Å². The molecule has 0 amide bonds. The molecule has 0 aliphatic heterocycles. The molecule has 5 nitrogen and oxygen atoms in total. The number of rotatable bonds is 2. The summed E-state index contributed by atoms with van der Waals surface area (Å²) in [6.07, 6.45) is 0. The van der Waals surface area contributed by atoms with Gasteiger partial charge in [0.05, 0.1) is 6.61 Å². The van der Waals surface area contributed by atoms with Gasteiger partial charge in [-0.2, -0.15) is 9.37 Å². The Labute approximate surface area is 74.3 Å². The monoisotopic (exact) mass is 187 g/mol. The summed E-state index contributed by atoms with van der Waals surface area (Å²) >= 11 is 0. The molecule has 0 fully saturated rings. The van der Waals surface area contributed by atoms with Crippen LogP contribution in [0.15, 0.2) is 0 Å². The van der Waals surface area contributed by atoms with Crippen molar-refractivity contribution in [3.05, 3.63) is 11.8 Å². The van der Waals surface area contributed by atoms with Gasteiger partial charge in [-0.1, -0.05) is 0 Å². The van der Waals surface area contributed by atoms with Crippen molar-refractivity contribution in [1.82, 2.24) is 9.55 Å². The number of esters is 1. The van der Waals surface area contributed by atoms with Crippen molar-refractivity contribution in [2.45, 2.75) is 6.92 Å². The molecule has 0 atom stereocenters.